The number of aliphatic hydroxyl groups is 1. The molecule has 0 aliphatic heterocycles. The zero-order valence-corrected chi connectivity index (χ0v) is 9.85. The molecule has 1 atom stereocenters. The van der Waals surface area contributed by atoms with Gasteiger partial charge in [0.15, 0.2) is 0 Å². The third-order valence-corrected chi connectivity index (χ3v) is 1.76. The lowest BCUT2D eigenvalue weighted by Crippen LogP contribution is -2.47. The maximum atomic E-state index is 11.1. The van der Waals surface area contributed by atoms with Crippen LogP contribution in [-0.4, -0.2) is 36.0 Å². The third-order valence-electron chi connectivity index (χ3n) is 1.76. The first-order valence-electron chi connectivity index (χ1n) is 4.12. The molecule has 0 saturated heterocycles. The quantitative estimate of drug-likeness (QED) is 0.441. The number of esters is 1. The van der Waals surface area contributed by atoms with Gasteiger partial charge >= 0.3 is 5.97 Å². The molecule has 0 rings (SSSR count). The van der Waals surface area contributed by atoms with Crippen molar-refractivity contribution in [3.8, 4) is 0 Å². The number of rotatable bonds is 4. The Labute approximate surface area is 91.0 Å². The van der Waals surface area contributed by atoms with Gasteiger partial charge in [0.05, 0.1) is 0 Å². The van der Waals surface area contributed by atoms with Crippen LogP contribution >= 0.6 is 12.4 Å². The first kappa shape index (κ1) is 15.9. The van der Waals surface area contributed by atoms with E-state index >= 15 is 0 Å². The lowest BCUT2D eigenvalue weighted by molar-refractivity contribution is -0.265. The van der Waals surface area contributed by atoms with Crippen molar-refractivity contribution in [1.82, 2.24) is 4.90 Å². The Kier molecular flexibility index (Phi) is 6.81. The number of halogens is 1. The van der Waals surface area contributed by atoms with E-state index in [4.69, 9.17) is 4.74 Å². The second kappa shape index (κ2) is 6.01. The number of carbonyl (C=O) groups is 1. The van der Waals surface area contributed by atoms with Gasteiger partial charge in [0.1, 0.15) is 0 Å². The van der Waals surface area contributed by atoms with Gasteiger partial charge in [0, 0.05) is 12.0 Å². The number of nitrogens with zero attached hydrogens (tertiary/aromatic N) is 1. The first-order valence-corrected chi connectivity index (χ1v) is 4.12. The Bertz CT molecular complexity index is 218. The van der Waals surface area contributed by atoms with Gasteiger partial charge in [-0.25, -0.2) is 9.69 Å². The third kappa shape index (κ3) is 4.09. The molecule has 0 aliphatic rings. The minimum absolute atomic E-state index is 0. The van der Waals surface area contributed by atoms with Gasteiger partial charge in [-0.1, -0.05) is 13.5 Å². The number of hydrogen-bond donors (Lipinski definition) is 1. The smallest absolute Gasteiger partial charge is 0.336 e. The molecule has 0 aromatic rings. The molecule has 1 N–H and O–H groups in total. The van der Waals surface area contributed by atoms with Gasteiger partial charge in [-0.15, -0.1) is 12.4 Å². The zero-order valence-electron chi connectivity index (χ0n) is 9.03. The summed E-state index contributed by atoms with van der Waals surface area (Å²) in [5.41, 5.74) is 0.272. The Morgan fingerprint density at radius 2 is 2.00 bits per heavy atom. The fourth-order valence-electron chi connectivity index (χ4n) is 0.715. The SMILES string of the molecule is C=C(C)C(=O)OC(O)(CC)N(C)C.Cl. The lowest BCUT2D eigenvalue weighted by Gasteiger charge is -2.32. The summed E-state index contributed by atoms with van der Waals surface area (Å²) in [7, 11) is 3.27. The lowest BCUT2D eigenvalue weighted by atomic mass is 10.3. The molecule has 84 valence electrons. The number of hydrogen-bond acceptors (Lipinski definition) is 4. The normalized spacial score (nSPS) is 14.1. The predicted octanol–water partition coefficient (Wildman–Crippen LogP) is 1.15. The maximum absolute atomic E-state index is 11.1. The molecule has 0 bridgehead atoms. The summed E-state index contributed by atoms with van der Waals surface area (Å²) in [6.45, 7) is 6.69. The monoisotopic (exact) mass is 223 g/mol. The topological polar surface area (TPSA) is 49.8 Å². The molecule has 1 unspecified atom stereocenters. The highest BCUT2D eigenvalue weighted by atomic mass is 35.5. The molecule has 0 saturated carbocycles. The van der Waals surface area contributed by atoms with Gasteiger partial charge in [-0.2, -0.15) is 0 Å². The van der Waals surface area contributed by atoms with Crippen molar-refractivity contribution in [3.63, 3.8) is 0 Å². The van der Waals surface area contributed by atoms with Crippen LogP contribution in [0.2, 0.25) is 0 Å². The highest BCUT2D eigenvalue weighted by molar-refractivity contribution is 5.87. The Morgan fingerprint density at radius 3 is 2.21 bits per heavy atom. The van der Waals surface area contributed by atoms with Crippen molar-refractivity contribution in [3.05, 3.63) is 12.2 Å². The van der Waals surface area contributed by atoms with Crippen molar-refractivity contribution in [2.24, 2.45) is 0 Å². The van der Waals surface area contributed by atoms with E-state index in [1.54, 1.807) is 21.0 Å². The Hall–Kier alpha value is -0.580. The van der Waals surface area contributed by atoms with E-state index in [2.05, 4.69) is 6.58 Å². The van der Waals surface area contributed by atoms with Crippen LogP contribution in [0.4, 0.5) is 0 Å². The van der Waals surface area contributed by atoms with Gasteiger partial charge in [0.2, 0.25) is 0 Å². The molecule has 5 heteroatoms. The molecule has 0 radical (unpaired) electrons. The van der Waals surface area contributed by atoms with Crippen LogP contribution in [0.25, 0.3) is 0 Å². The summed E-state index contributed by atoms with van der Waals surface area (Å²) < 4.78 is 4.85. The van der Waals surface area contributed by atoms with E-state index in [1.165, 1.54) is 11.8 Å². The van der Waals surface area contributed by atoms with E-state index < -0.39 is 11.9 Å². The molecule has 0 fully saturated rings. The molecule has 14 heavy (non-hydrogen) atoms. The number of carbonyl (C=O) groups excluding carboxylic acids is 1. The van der Waals surface area contributed by atoms with E-state index in [1.807, 2.05) is 0 Å². The zero-order chi connectivity index (χ0) is 10.6. The highest BCUT2D eigenvalue weighted by Gasteiger charge is 2.32. The van der Waals surface area contributed by atoms with Gasteiger partial charge in [-0.3, -0.25) is 0 Å². The second-order valence-electron chi connectivity index (χ2n) is 3.16. The fourth-order valence-corrected chi connectivity index (χ4v) is 0.715. The molecule has 0 aliphatic carbocycles. The molecule has 0 heterocycles. The summed E-state index contributed by atoms with van der Waals surface area (Å²) in [6, 6.07) is 0. The minimum Gasteiger partial charge on any atom is -0.415 e. The van der Waals surface area contributed by atoms with E-state index in [9.17, 15) is 9.90 Å². The predicted molar refractivity (Wildman–Crippen MR) is 57.1 cm³/mol. The van der Waals surface area contributed by atoms with Crippen LogP contribution in [0.1, 0.15) is 20.3 Å². The summed E-state index contributed by atoms with van der Waals surface area (Å²) >= 11 is 0. The molecule has 0 aromatic heterocycles. The maximum Gasteiger partial charge on any atom is 0.336 e. The van der Waals surface area contributed by atoms with Crippen LogP contribution in [-0.2, 0) is 9.53 Å². The molecule has 0 spiro atoms. The Morgan fingerprint density at radius 1 is 1.57 bits per heavy atom. The van der Waals surface area contributed by atoms with Crippen LogP contribution in [0.3, 0.4) is 0 Å². The molecule has 0 amide bonds. The van der Waals surface area contributed by atoms with E-state index in [-0.39, 0.29) is 18.0 Å². The average molecular weight is 224 g/mol. The van der Waals surface area contributed by atoms with Crippen LogP contribution in [0.5, 0.6) is 0 Å². The van der Waals surface area contributed by atoms with Crippen molar-refractivity contribution < 1.29 is 14.6 Å². The van der Waals surface area contributed by atoms with Gasteiger partial charge in [0.25, 0.3) is 5.91 Å². The van der Waals surface area contributed by atoms with E-state index in [0.29, 0.717) is 6.42 Å². The van der Waals surface area contributed by atoms with Crippen LogP contribution in [0, 0.1) is 0 Å². The largest absolute Gasteiger partial charge is 0.415 e. The summed E-state index contributed by atoms with van der Waals surface area (Å²) in [4.78, 5) is 12.6. The summed E-state index contributed by atoms with van der Waals surface area (Å²) in [5.74, 6) is -2.12. The summed E-state index contributed by atoms with van der Waals surface area (Å²) in [5, 5.41) is 9.76. The minimum atomic E-state index is -1.53. The van der Waals surface area contributed by atoms with E-state index in [0.717, 1.165) is 0 Å². The van der Waals surface area contributed by atoms with Crippen LogP contribution < -0.4 is 0 Å². The summed E-state index contributed by atoms with van der Waals surface area (Å²) in [6.07, 6.45) is 0.305. The standard InChI is InChI=1S/C9H17NO3.ClH/c1-6-9(12,10(4)5)13-8(11)7(2)3;/h12H,2,6H2,1,3-5H3;1H. The number of ether oxygens (including phenoxy) is 1. The molecule has 4 nitrogen and oxygen atoms in total. The fraction of sp³-hybridized carbons (Fsp3) is 0.667. The van der Waals surface area contributed by atoms with Crippen molar-refractivity contribution >= 4 is 18.4 Å². The second-order valence-corrected chi connectivity index (χ2v) is 3.16. The van der Waals surface area contributed by atoms with Crippen molar-refractivity contribution in [1.29, 1.82) is 0 Å². The van der Waals surface area contributed by atoms with Gasteiger partial charge in [-0.05, 0) is 21.0 Å². The first-order chi connectivity index (χ1) is 5.83. The van der Waals surface area contributed by atoms with Crippen LogP contribution in [0.15, 0.2) is 12.2 Å². The average Bonchev–Trinajstić information content (AvgIpc) is 2.03. The van der Waals surface area contributed by atoms with Gasteiger partial charge < -0.3 is 9.84 Å². The highest BCUT2D eigenvalue weighted by Crippen LogP contribution is 2.16. The Balaban J connectivity index is 0. The molecule has 0 aromatic carbocycles. The van der Waals surface area contributed by atoms with Crippen molar-refractivity contribution in [2.45, 2.75) is 26.2 Å². The molecular formula is C9H18ClNO3. The molecular weight excluding hydrogens is 206 g/mol. The van der Waals surface area contributed by atoms with Crippen molar-refractivity contribution in [2.75, 3.05) is 14.1 Å².